The fourth-order valence-electron chi connectivity index (χ4n) is 1.89. The molecule has 1 aliphatic carbocycles. The largest absolute Gasteiger partial charge is 0.395 e. The van der Waals surface area contributed by atoms with Gasteiger partial charge in [-0.15, -0.1) is 0 Å². The lowest BCUT2D eigenvalue weighted by Gasteiger charge is -2.26. The molecule has 0 atom stereocenters. The summed E-state index contributed by atoms with van der Waals surface area (Å²) >= 11 is 0. The maximum absolute atomic E-state index is 9.05. The Labute approximate surface area is 85.8 Å². The minimum Gasteiger partial charge on any atom is -0.395 e. The minimum atomic E-state index is 0.161. The number of aliphatic hydroxyl groups is 1. The molecule has 1 fully saturated rings. The van der Waals surface area contributed by atoms with Crippen molar-refractivity contribution in [3.8, 4) is 0 Å². The molecule has 14 heavy (non-hydrogen) atoms. The zero-order chi connectivity index (χ0) is 9.97. The molecule has 0 saturated heterocycles. The van der Waals surface area contributed by atoms with Gasteiger partial charge in [-0.3, -0.25) is 0 Å². The van der Waals surface area contributed by atoms with E-state index in [4.69, 9.17) is 5.11 Å². The molecule has 0 bridgehead atoms. The van der Waals surface area contributed by atoms with Gasteiger partial charge in [-0.1, -0.05) is 37.6 Å². The summed E-state index contributed by atoms with van der Waals surface area (Å²) in [6, 6.07) is 8.61. The van der Waals surface area contributed by atoms with E-state index in [1.165, 1.54) is 30.4 Å². The van der Waals surface area contributed by atoms with Crippen LogP contribution in [0, 0.1) is 5.92 Å². The molecule has 1 radical (unpaired) electrons. The standard InChI is InChI=1S/C13H17O/c1-10(9-14)12-6-3-7-13(8-12)11-4-2-5-11/h3,6-8,11,14H,2,4-5,9H2,1H3. The predicted molar refractivity (Wildman–Crippen MR) is 58.1 cm³/mol. The van der Waals surface area contributed by atoms with Crippen molar-refractivity contribution >= 4 is 0 Å². The van der Waals surface area contributed by atoms with E-state index in [0.717, 1.165) is 11.8 Å². The second-order valence-corrected chi connectivity index (χ2v) is 4.19. The zero-order valence-electron chi connectivity index (χ0n) is 8.66. The highest BCUT2D eigenvalue weighted by molar-refractivity contribution is 5.35. The van der Waals surface area contributed by atoms with E-state index in [0.29, 0.717) is 0 Å². The quantitative estimate of drug-likeness (QED) is 0.775. The van der Waals surface area contributed by atoms with Gasteiger partial charge in [0.25, 0.3) is 0 Å². The van der Waals surface area contributed by atoms with Gasteiger partial charge in [-0.2, -0.15) is 0 Å². The van der Waals surface area contributed by atoms with Gasteiger partial charge < -0.3 is 5.11 Å². The molecule has 1 N–H and O–H groups in total. The fraction of sp³-hybridized carbons (Fsp3) is 0.462. The molecule has 75 valence electrons. The molecule has 0 spiro atoms. The van der Waals surface area contributed by atoms with E-state index in [1.807, 2.05) is 6.92 Å². The third-order valence-electron chi connectivity index (χ3n) is 3.19. The molecule has 1 aromatic carbocycles. The molecule has 1 aromatic rings. The topological polar surface area (TPSA) is 20.2 Å². The maximum Gasteiger partial charge on any atom is 0.0534 e. The Morgan fingerprint density at radius 3 is 2.79 bits per heavy atom. The average Bonchev–Trinajstić information content (AvgIpc) is 2.14. The molecule has 0 aliphatic heterocycles. The minimum absolute atomic E-state index is 0.161. The first kappa shape index (κ1) is 9.72. The van der Waals surface area contributed by atoms with E-state index in [9.17, 15) is 0 Å². The monoisotopic (exact) mass is 189 g/mol. The molecule has 1 saturated carbocycles. The fourth-order valence-corrected chi connectivity index (χ4v) is 1.89. The van der Waals surface area contributed by atoms with Gasteiger partial charge in [0.05, 0.1) is 6.61 Å². The van der Waals surface area contributed by atoms with Gasteiger partial charge in [-0.05, 0) is 29.9 Å². The maximum atomic E-state index is 9.05. The second kappa shape index (κ2) is 4.14. The summed E-state index contributed by atoms with van der Waals surface area (Å²) in [7, 11) is 0. The lowest BCUT2D eigenvalue weighted by molar-refractivity contribution is 0.315. The molecule has 0 unspecified atom stereocenters. The highest BCUT2D eigenvalue weighted by atomic mass is 16.3. The van der Waals surface area contributed by atoms with Crippen LogP contribution in [-0.4, -0.2) is 11.7 Å². The summed E-state index contributed by atoms with van der Waals surface area (Å²) < 4.78 is 0. The van der Waals surface area contributed by atoms with E-state index in [2.05, 4.69) is 24.3 Å². The second-order valence-electron chi connectivity index (χ2n) is 4.19. The Balaban J connectivity index is 2.17. The van der Waals surface area contributed by atoms with E-state index in [-0.39, 0.29) is 6.61 Å². The summed E-state index contributed by atoms with van der Waals surface area (Å²) in [4.78, 5) is 0. The Bertz CT molecular complexity index is 282. The lowest BCUT2D eigenvalue weighted by Crippen LogP contribution is -2.09. The van der Waals surface area contributed by atoms with Crippen LogP contribution in [0.5, 0.6) is 0 Å². The SMILES string of the molecule is C[C](CO)c1cccc(C2CCC2)c1. The van der Waals surface area contributed by atoms with E-state index < -0.39 is 0 Å². The van der Waals surface area contributed by atoms with Gasteiger partial charge in [0, 0.05) is 5.92 Å². The van der Waals surface area contributed by atoms with Crippen LogP contribution < -0.4 is 0 Å². The molecule has 0 aromatic heterocycles. The highest BCUT2D eigenvalue weighted by Gasteiger charge is 2.19. The summed E-state index contributed by atoms with van der Waals surface area (Å²) in [5.41, 5.74) is 2.64. The van der Waals surface area contributed by atoms with Crippen LogP contribution >= 0.6 is 0 Å². The molecule has 1 heteroatoms. The Kier molecular flexibility index (Phi) is 2.87. The summed E-state index contributed by atoms with van der Waals surface area (Å²) in [6.07, 6.45) is 4.04. The Morgan fingerprint density at radius 2 is 2.21 bits per heavy atom. The van der Waals surface area contributed by atoms with Gasteiger partial charge in [0.15, 0.2) is 0 Å². The predicted octanol–water partition coefficient (Wildman–Crippen LogP) is 2.89. The van der Waals surface area contributed by atoms with Crippen molar-refractivity contribution < 1.29 is 5.11 Å². The van der Waals surface area contributed by atoms with Crippen molar-refractivity contribution in [3.05, 3.63) is 41.3 Å². The van der Waals surface area contributed by atoms with Crippen molar-refractivity contribution in [2.75, 3.05) is 6.61 Å². The lowest BCUT2D eigenvalue weighted by atomic mass is 9.79. The van der Waals surface area contributed by atoms with Crippen LogP contribution in [0.3, 0.4) is 0 Å². The van der Waals surface area contributed by atoms with Crippen LogP contribution in [0.1, 0.15) is 43.2 Å². The Hall–Kier alpha value is -0.820. The van der Waals surface area contributed by atoms with Crippen molar-refractivity contribution in [2.24, 2.45) is 0 Å². The first-order chi connectivity index (χ1) is 6.81. The van der Waals surface area contributed by atoms with Crippen LogP contribution in [-0.2, 0) is 0 Å². The summed E-state index contributed by atoms with van der Waals surface area (Å²) in [5.74, 6) is 1.84. The smallest absolute Gasteiger partial charge is 0.0534 e. The summed E-state index contributed by atoms with van der Waals surface area (Å²) in [6.45, 7) is 2.15. The molecule has 0 amide bonds. The number of benzene rings is 1. The van der Waals surface area contributed by atoms with Crippen LogP contribution in [0.25, 0.3) is 0 Å². The van der Waals surface area contributed by atoms with Crippen molar-refractivity contribution in [1.82, 2.24) is 0 Å². The highest BCUT2D eigenvalue weighted by Crippen LogP contribution is 2.36. The number of rotatable bonds is 3. The number of aliphatic hydroxyl groups excluding tert-OH is 1. The first-order valence-electron chi connectivity index (χ1n) is 5.35. The van der Waals surface area contributed by atoms with Gasteiger partial charge in [0.2, 0.25) is 0 Å². The van der Waals surface area contributed by atoms with E-state index >= 15 is 0 Å². The molecule has 2 rings (SSSR count). The van der Waals surface area contributed by atoms with Crippen molar-refractivity contribution in [1.29, 1.82) is 0 Å². The third kappa shape index (κ3) is 1.83. The van der Waals surface area contributed by atoms with Gasteiger partial charge >= 0.3 is 0 Å². The molecular weight excluding hydrogens is 172 g/mol. The normalized spacial score (nSPS) is 17.1. The summed E-state index contributed by atoms with van der Waals surface area (Å²) in [5, 5.41) is 9.05. The van der Waals surface area contributed by atoms with Crippen molar-refractivity contribution in [3.63, 3.8) is 0 Å². The van der Waals surface area contributed by atoms with Crippen molar-refractivity contribution in [2.45, 2.75) is 32.1 Å². The van der Waals surface area contributed by atoms with Crippen LogP contribution in [0.15, 0.2) is 24.3 Å². The molecule has 1 nitrogen and oxygen atoms in total. The third-order valence-corrected chi connectivity index (χ3v) is 3.19. The first-order valence-corrected chi connectivity index (χ1v) is 5.35. The van der Waals surface area contributed by atoms with E-state index in [1.54, 1.807) is 0 Å². The number of hydrogen-bond acceptors (Lipinski definition) is 1. The van der Waals surface area contributed by atoms with Gasteiger partial charge in [0.1, 0.15) is 0 Å². The molecular formula is C13H17O. The van der Waals surface area contributed by atoms with Crippen LogP contribution in [0.2, 0.25) is 0 Å². The average molecular weight is 189 g/mol. The Morgan fingerprint density at radius 1 is 1.43 bits per heavy atom. The number of hydrogen-bond donors (Lipinski definition) is 1. The molecule has 1 aliphatic rings. The molecule has 0 heterocycles. The zero-order valence-corrected chi connectivity index (χ0v) is 8.66. The van der Waals surface area contributed by atoms with Gasteiger partial charge in [-0.25, -0.2) is 0 Å². The van der Waals surface area contributed by atoms with Crippen LogP contribution in [0.4, 0.5) is 0 Å².